The Bertz CT molecular complexity index is 894. The van der Waals surface area contributed by atoms with Crippen LogP contribution in [0.1, 0.15) is 32.9 Å². The Kier molecular flexibility index (Phi) is 7.70. The highest BCUT2D eigenvalue weighted by Gasteiger charge is 2.14. The molecule has 0 fully saturated rings. The molecule has 0 unspecified atom stereocenters. The van der Waals surface area contributed by atoms with Crippen LogP contribution in [0.3, 0.4) is 0 Å². The van der Waals surface area contributed by atoms with Gasteiger partial charge in [-0.25, -0.2) is 4.99 Å². The molecule has 0 saturated heterocycles. The number of ether oxygens (including phenoxy) is 2. The predicted molar refractivity (Wildman–Crippen MR) is 122 cm³/mol. The summed E-state index contributed by atoms with van der Waals surface area (Å²) in [5.41, 5.74) is 1.47. The number of guanidine groups is 1. The van der Waals surface area contributed by atoms with Crippen LogP contribution in [-0.4, -0.2) is 48.7 Å². The molecule has 3 rings (SSSR count). The van der Waals surface area contributed by atoms with Gasteiger partial charge >= 0.3 is 0 Å². The van der Waals surface area contributed by atoms with Crippen LogP contribution in [0.25, 0.3) is 0 Å². The number of anilines is 1. The number of amides is 1. The van der Waals surface area contributed by atoms with E-state index in [0.29, 0.717) is 31.5 Å². The Balaban J connectivity index is 1.67. The highest BCUT2D eigenvalue weighted by Crippen LogP contribution is 2.32. The van der Waals surface area contributed by atoms with E-state index in [0.717, 1.165) is 30.0 Å². The topological polar surface area (TPSA) is 96.9 Å². The molecule has 1 aliphatic rings. The monoisotopic (exact) mass is 425 g/mol. The van der Waals surface area contributed by atoms with Gasteiger partial charge in [0, 0.05) is 48.6 Å². The average molecular weight is 426 g/mol. The van der Waals surface area contributed by atoms with E-state index in [-0.39, 0.29) is 18.0 Å². The van der Waals surface area contributed by atoms with E-state index in [1.54, 1.807) is 6.20 Å². The number of aliphatic imine (C=N–C) groups is 1. The van der Waals surface area contributed by atoms with Crippen LogP contribution >= 0.6 is 0 Å². The lowest BCUT2D eigenvalue weighted by Gasteiger charge is -2.20. The number of aromatic nitrogens is 1. The molecule has 3 N–H and O–H groups in total. The number of rotatable bonds is 6. The van der Waals surface area contributed by atoms with E-state index in [1.807, 2.05) is 57.2 Å². The SMILES string of the molecule is CC(C)(C)NC(=O)CN=C(NCCc1ccccn1)Nc1ccc2c(c1)OCCCO2. The zero-order valence-corrected chi connectivity index (χ0v) is 18.4. The third-order valence-electron chi connectivity index (χ3n) is 4.31. The second-order valence-corrected chi connectivity index (χ2v) is 8.30. The summed E-state index contributed by atoms with van der Waals surface area (Å²) in [4.78, 5) is 21.0. The summed E-state index contributed by atoms with van der Waals surface area (Å²) in [6.07, 6.45) is 3.36. The highest BCUT2D eigenvalue weighted by molar-refractivity contribution is 5.95. The van der Waals surface area contributed by atoms with Gasteiger partial charge in [0.05, 0.1) is 13.2 Å². The van der Waals surface area contributed by atoms with E-state index in [2.05, 4.69) is 25.9 Å². The Hall–Kier alpha value is -3.29. The van der Waals surface area contributed by atoms with Crippen molar-refractivity contribution in [2.45, 2.75) is 39.2 Å². The van der Waals surface area contributed by atoms with Crippen molar-refractivity contribution in [2.24, 2.45) is 4.99 Å². The van der Waals surface area contributed by atoms with Crippen LogP contribution in [0.2, 0.25) is 0 Å². The molecule has 166 valence electrons. The largest absolute Gasteiger partial charge is 0.490 e. The Morgan fingerprint density at radius 2 is 1.94 bits per heavy atom. The molecule has 8 nitrogen and oxygen atoms in total. The molecule has 1 aromatic heterocycles. The van der Waals surface area contributed by atoms with Crippen molar-refractivity contribution in [3.63, 3.8) is 0 Å². The van der Waals surface area contributed by atoms with Crippen molar-refractivity contribution in [3.05, 3.63) is 48.3 Å². The van der Waals surface area contributed by atoms with Crippen LogP contribution in [0.4, 0.5) is 5.69 Å². The molecule has 0 saturated carbocycles. The van der Waals surface area contributed by atoms with E-state index >= 15 is 0 Å². The van der Waals surface area contributed by atoms with Crippen LogP contribution in [0.5, 0.6) is 11.5 Å². The predicted octanol–water partition coefficient (Wildman–Crippen LogP) is 2.76. The summed E-state index contributed by atoms with van der Waals surface area (Å²) < 4.78 is 11.5. The summed E-state index contributed by atoms with van der Waals surface area (Å²) in [7, 11) is 0. The molecule has 1 aliphatic heterocycles. The number of carbonyl (C=O) groups excluding carboxylic acids is 1. The van der Waals surface area contributed by atoms with Crippen LogP contribution in [0, 0.1) is 0 Å². The van der Waals surface area contributed by atoms with E-state index in [1.165, 1.54) is 0 Å². The maximum Gasteiger partial charge on any atom is 0.242 e. The zero-order valence-electron chi connectivity index (χ0n) is 18.4. The van der Waals surface area contributed by atoms with E-state index in [9.17, 15) is 4.79 Å². The number of pyridine rings is 1. The summed E-state index contributed by atoms with van der Waals surface area (Å²) in [5, 5.41) is 9.45. The lowest BCUT2D eigenvalue weighted by molar-refractivity contribution is -0.121. The minimum absolute atomic E-state index is 0.0146. The molecule has 0 spiro atoms. The summed E-state index contributed by atoms with van der Waals surface area (Å²) in [5.74, 6) is 1.79. The van der Waals surface area contributed by atoms with Gasteiger partial charge in [-0.1, -0.05) is 6.07 Å². The van der Waals surface area contributed by atoms with Crippen molar-refractivity contribution >= 4 is 17.6 Å². The molecule has 8 heteroatoms. The number of carbonyl (C=O) groups is 1. The number of fused-ring (bicyclic) bond motifs is 1. The molecule has 31 heavy (non-hydrogen) atoms. The lowest BCUT2D eigenvalue weighted by atomic mass is 10.1. The normalized spacial score (nSPS) is 13.8. The van der Waals surface area contributed by atoms with Gasteiger partial charge in [-0.15, -0.1) is 0 Å². The molecule has 1 amide bonds. The fraction of sp³-hybridized carbons (Fsp3) is 0.435. The minimum atomic E-state index is -0.305. The van der Waals surface area contributed by atoms with Crippen molar-refractivity contribution in [1.82, 2.24) is 15.6 Å². The maximum atomic E-state index is 12.2. The second-order valence-electron chi connectivity index (χ2n) is 8.30. The van der Waals surface area contributed by atoms with Gasteiger partial charge in [0.2, 0.25) is 5.91 Å². The van der Waals surface area contributed by atoms with Gasteiger partial charge in [0.15, 0.2) is 17.5 Å². The Morgan fingerprint density at radius 1 is 1.13 bits per heavy atom. The fourth-order valence-electron chi connectivity index (χ4n) is 2.98. The fourth-order valence-corrected chi connectivity index (χ4v) is 2.98. The molecule has 1 aromatic carbocycles. The third kappa shape index (κ3) is 7.81. The molecule has 0 radical (unpaired) electrons. The van der Waals surface area contributed by atoms with Gasteiger partial charge in [-0.3, -0.25) is 9.78 Å². The molecule has 0 aliphatic carbocycles. The van der Waals surface area contributed by atoms with Gasteiger partial charge in [-0.05, 0) is 45.0 Å². The lowest BCUT2D eigenvalue weighted by Crippen LogP contribution is -2.42. The number of hydrogen-bond acceptors (Lipinski definition) is 5. The first-order chi connectivity index (χ1) is 14.9. The summed E-state index contributed by atoms with van der Waals surface area (Å²) in [6.45, 7) is 7.72. The smallest absolute Gasteiger partial charge is 0.242 e. The molecule has 2 aromatic rings. The third-order valence-corrected chi connectivity index (χ3v) is 4.31. The minimum Gasteiger partial charge on any atom is -0.490 e. The molecule has 2 heterocycles. The highest BCUT2D eigenvalue weighted by atomic mass is 16.5. The zero-order chi connectivity index (χ0) is 22.1. The molecule has 0 atom stereocenters. The molecular formula is C23H31N5O3. The Labute approximate surface area is 183 Å². The number of hydrogen-bond donors (Lipinski definition) is 3. The van der Waals surface area contributed by atoms with Gasteiger partial charge in [-0.2, -0.15) is 0 Å². The Morgan fingerprint density at radius 3 is 2.68 bits per heavy atom. The molecule has 0 bridgehead atoms. The van der Waals surface area contributed by atoms with Crippen molar-refractivity contribution in [1.29, 1.82) is 0 Å². The van der Waals surface area contributed by atoms with Crippen LogP contribution < -0.4 is 25.4 Å². The van der Waals surface area contributed by atoms with Crippen molar-refractivity contribution in [2.75, 3.05) is 31.6 Å². The van der Waals surface area contributed by atoms with Gasteiger partial charge in [0.25, 0.3) is 0 Å². The number of nitrogens with zero attached hydrogens (tertiary/aromatic N) is 2. The summed E-state index contributed by atoms with van der Waals surface area (Å²) >= 11 is 0. The number of benzene rings is 1. The maximum absolute atomic E-state index is 12.2. The van der Waals surface area contributed by atoms with E-state index < -0.39 is 0 Å². The first-order valence-corrected chi connectivity index (χ1v) is 10.5. The average Bonchev–Trinajstić information content (AvgIpc) is 2.96. The standard InChI is InChI=1S/C23H31N5O3/c1-23(2,3)28-21(29)16-26-22(25-12-10-17-7-4-5-11-24-17)27-18-8-9-19-20(15-18)31-14-6-13-30-19/h4-5,7-9,11,15H,6,10,12-14,16H2,1-3H3,(H,28,29)(H2,25,26,27). The van der Waals surface area contributed by atoms with Crippen molar-refractivity contribution < 1.29 is 14.3 Å². The second kappa shape index (κ2) is 10.7. The van der Waals surface area contributed by atoms with E-state index in [4.69, 9.17) is 9.47 Å². The number of nitrogens with one attached hydrogen (secondary N) is 3. The van der Waals surface area contributed by atoms with Crippen molar-refractivity contribution in [3.8, 4) is 11.5 Å². The quantitative estimate of drug-likeness (QED) is 0.486. The van der Waals surface area contributed by atoms with Gasteiger partial charge < -0.3 is 25.4 Å². The van der Waals surface area contributed by atoms with Crippen LogP contribution in [-0.2, 0) is 11.2 Å². The molecular weight excluding hydrogens is 394 g/mol. The first kappa shape index (κ1) is 22.4. The van der Waals surface area contributed by atoms with Crippen LogP contribution in [0.15, 0.2) is 47.6 Å². The summed E-state index contributed by atoms with van der Waals surface area (Å²) in [6, 6.07) is 11.5. The van der Waals surface area contributed by atoms with Gasteiger partial charge in [0.1, 0.15) is 6.54 Å². The first-order valence-electron chi connectivity index (χ1n) is 10.5.